The summed E-state index contributed by atoms with van der Waals surface area (Å²) < 4.78 is 45.4. The molecule has 1 aliphatic carbocycles. The number of aromatic nitrogens is 4. The van der Waals surface area contributed by atoms with Gasteiger partial charge in [0, 0.05) is 43.2 Å². The molecule has 3 fully saturated rings. The van der Waals surface area contributed by atoms with E-state index in [0.717, 1.165) is 17.6 Å². The summed E-state index contributed by atoms with van der Waals surface area (Å²) in [7, 11) is 0. The number of likely N-dealkylation sites (tertiary alicyclic amines) is 2. The van der Waals surface area contributed by atoms with E-state index >= 15 is 0 Å². The predicted molar refractivity (Wildman–Crippen MR) is 138 cm³/mol. The van der Waals surface area contributed by atoms with Gasteiger partial charge in [0.05, 0.1) is 23.2 Å². The van der Waals surface area contributed by atoms with E-state index in [2.05, 4.69) is 20.4 Å². The Kier molecular flexibility index (Phi) is 5.52. The average Bonchev–Trinajstić information content (AvgIpc) is 3.66. The summed E-state index contributed by atoms with van der Waals surface area (Å²) in [6.07, 6.45) is -4.50. The van der Waals surface area contributed by atoms with Crippen molar-refractivity contribution < 1.29 is 27.5 Å². The molecule has 0 bridgehead atoms. The first kappa shape index (κ1) is 24.8. The fourth-order valence-electron chi connectivity index (χ4n) is 6.78. The summed E-state index contributed by atoms with van der Waals surface area (Å²) in [6.45, 7) is 4.39. The zero-order chi connectivity index (χ0) is 27.8. The molecule has 4 aromatic rings. The lowest BCUT2D eigenvalue weighted by atomic mass is 9.60. The minimum atomic E-state index is -4.50. The molecule has 2 aliphatic heterocycles. The highest BCUT2D eigenvalue weighted by Gasteiger charge is 2.59. The van der Waals surface area contributed by atoms with Crippen LogP contribution in [0, 0.1) is 23.7 Å². The van der Waals surface area contributed by atoms with Crippen LogP contribution in [-0.2, 0) is 6.18 Å². The van der Waals surface area contributed by atoms with Gasteiger partial charge in [0.1, 0.15) is 17.0 Å². The number of pyridine rings is 1. The number of nitrogens with zero attached hydrogens (tertiary/aromatic N) is 5. The Morgan fingerprint density at radius 3 is 2.25 bits per heavy atom. The van der Waals surface area contributed by atoms with Crippen molar-refractivity contribution >= 4 is 33.8 Å². The molecule has 0 spiro atoms. The van der Waals surface area contributed by atoms with Gasteiger partial charge in [-0.3, -0.25) is 14.7 Å². The van der Waals surface area contributed by atoms with Gasteiger partial charge < -0.3 is 14.5 Å². The Hall–Kier alpha value is -4.22. The highest BCUT2D eigenvalue weighted by Crippen LogP contribution is 2.54. The SMILES string of the molecule is CCOc1cc(C(=O)N2C[C@@H]3[C@H]4CN(C(=O)c5ccc6[nH]nnc6c5)C[C@H]4[C@@H]3C2)nc2ccc(C(F)(F)F)cc12. The number of rotatable bonds is 4. The quantitative estimate of drug-likeness (QED) is 0.412. The topological polar surface area (TPSA) is 104 Å². The molecule has 12 heteroatoms. The van der Waals surface area contributed by atoms with E-state index in [1.54, 1.807) is 30.0 Å². The van der Waals surface area contributed by atoms with Gasteiger partial charge in [-0.15, -0.1) is 5.10 Å². The third kappa shape index (κ3) is 3.88. The van der Waals surface area contributed by atoms with Crippen molar-refractivity contribution in [2.75, 3.05) is 32.8 Å². The van der Waals surface area contributed by atoms with E-state index < -0.39 is 11.7 Å². The summed E-state index contributed by atoms with van der Waals surface area (Å²) in [4.78, 5) is 34.8. The minimum absolute atomic E-state index is 0.0252. The Morgan fingerprint density at radius 2 is 1.60 bits per heavy atom. The van der Waals surface area contributed by atoms with Crippen LogP contribution in [0.1, 0.15) is 33.3 Å². The van der Waals surface area contributed by atoms with Gasteiger partial charge in [-0.05, 0) is 67.0 Å². The molecule has 2 aromatic heterocycles. The van der Waals surface area contributed by atoms with Gasteiger partial charge >= 0.3 is 6.18 Å². The number of amides is 2. The molecule has 0 unspecified atom stereocenters. The van der Waals surface area contributed by atoms with Crippen molar-refractivity contribution in [1.82, 2.24) is 30.2 Å². The number of hydrogen-bond acceptors (Lipinski definition) is 6. The van der Waals surface area contributed by atoms with Crippen LogP contribution in [0.2, 0.25) is 0 Å². The van der Waals surface area contributed by atoms with Gasteiger partial charge in [0.2, 0.25) is 0 Å². The fourth-order valence-corrected chi connectivity index (χ4v) is 6.78. The standard InChI is InChI=1S/C28H25F3N6O3/c1-2-40-25-9-24(32-21-6-4-15(8-16(21)25)28(29,30)31)27(39)37-12-19-17-10-36(11-18(17)20(19)13-37)26(38)14-3-5-22-23(7-14)34-35-33-22/h3-9,17-20H,2,10-13H2,1H3,(H,33,34,35)/t17-,18+,19+,20-. The molecule has 3 aliphatic rings. The van der Waals surface area contributed by atoms with Gasteiger partial charge in [0.25, 0.3) is 11.8 Å². The van der Waals surface area contributed by atoms with Crippen LogP contribution in [0.4, 0.5) is 13.2 Å². The van der Waals surface area contributed by atoms with Crippen molar-refractivity contribution in [2.24, 2.45) is 23.7 Å². The number of alkyl halides is 3. The number of nitrogens with one attached hydrogen (secondary N) is 1. The Bertz CT molecular complexity index is 1650. The predicted octanol–water partition coefficient (Wildman–Crippen LogP) is 4.01. The Labute approximate surface area is 226 Å². The molecule has 2 saturated heterocycles. The third-order valence-electron chi connectivity index (χ3n) is 8.69. The first-order valence-corrected chi connectivity index (χ1v) is 13.3. The number of fused-ring (bicyclic) bond motifs is 6. The lowest BCUT2D eigenvalue weighted by Crippen LogP contribution is -2.44. The van der Waals surface area contributed by atoms with E-state index in [9.17, 15) is 22.8 Å². The van der Waals surface area contributed by atoms with Crippen LogP contribution in [0.3, 0.4) is 0 Å². The van der Waals surface area contributed by atoms with Gasteiger partial charge in [-0.2, -0.15) is 13.2 Å². The number of carbonyl (C=O) groups excluding carboxylic acids is 2. The number of benzene rings is 2. The molecule has 4 heterocycles. The normalized spacial score (nSPS) is 23.8. The number of H-pyrrole nitrogens is 1. The first-order chi connectivity index (χ1) is 19.2. The summed E-state index contributed by atoms with van der Waals surface area (Å²) >= 11 is 0. The molecule has 206 valence electrons. The first-order valence-electron chi connectivity index (χ1n) is 13.3. The second-order valence-electron chi connectivity index (χ2n) is 10.8. The van der Waals surface area contributed by atoms with Crippen LogP contribution in [0.25, 0.3) is 21.9 Å². The van der Waals surface area contributed by atoms with Crippen LogP contribution in [0.15, 0.2) is 42.5 Å². The van der Waals surface area contributed by atoms with Crippen molar-refractivity contribution in [3.05, 3.63) is 59.3 Å². The minimum Gasteiger partial charge on any atom is -0.493 e. The van der Waals surface area contributed by atoms with E-state index in [1.165, 1.54) is 12.1 Å². The molecule has 2 amide bonds. The number of aromatic amines is 1. The van der Waals surface area contributed by atoms with Gasteiger partial charge in [-0.25, -0.2) is 4.98 Å². The molecule has 0 radical (unpaired) electrons. The van der Waals surface area contributed by atoms with E-state index in [1.807, 2.05) is 4.90 Å². The summed E-state index contributed by atoms with van der Waals surface area (Å²) in [6, 6.07) is 10.0. The largest absolute Gasteiger partial charge is 0.493 e. The van der Waals surface area contributed by atoms with E-state index in [4.69, 9.17) is 4.74 Å². The maximum atomic E-state index is 13.5. The molecule has 9 nitrogen and oxygen atoms in total. The number of halogens is 3. The molecular formula is C28H25F3N6O3. The average molecular weight is 551 g/mol. The van der Waals surface area contributed by atoms with Crippen LogP contribution >= 0.6 is 0 Å². The molecule has 2 aromatic carbocycles. The van der Waals surface area contributed by atoms with Crippen molar-refractivity contribution in [2.45, 2.75) is 13.1 Å². The Balaban J connectivity index is 1.07. The zero-order valence-corrected chi connectivity index (χ0v) is 21.5. The molecule has 40 heavy (non-hydrogen) atoms. The summed E-state index contributed by atoms with van der Waals surface area (Å²) in [5.41, 5.74) is 1.64. The molecule has 7 rings (SSSR count). The summed E-state index contributed by atoms with van der Waals surface area (Å²) in [5.74, 6) is 1.17. The highest BCUT2D eigenvalue weighted by atomic mass is 19.4. The zero-order valence-electron chi connectivity index (χ0n) is 21.5. The van der Waals surface area contributed by atoms with Crippen LogP contribution < -0.4 is 4.74 Å². The number of ether oxygens (including phenoxy) is 1. The lowest BCUT2D eigenvalue weighted by molar-refractivity contribution is -0.137. The number of carbonyl (C=O) groups is 2. The molecule has 4 atom stereocenters. The fraction of sp³-hybridized carbons (Fsp3) is 0.393. The second kappa shape index (κ2) is 8.90. The third-order valence-corrected chi connectivity index (χ3v) is 8.69. The van der Waals surface area contributed by atoms with Crippen LogP contribution in [0.5, 0.6) is 5.75 Å². The molecule has 1 saturated carbocycles. The maximum absolute atomic E-state index is 13.5. The monoisotopic (exact) mass is 550 g/mol. The van der Waals surface area contributed by atoms with Gasteiger partial charge in [0.15, 0.2) is 0 Å². The lowest BCUT2D eigenvalue weighted by Gasteiger charge is -2.42. The van der Waals surface area contributed by atoms with Crippen LogP contribution in [-0.4, -0.2) is 74.8 Å². The maximum Gasteiger partial charge on any atom is 0.416 e. The number of hydrogen-bond donors (Lipinski definition) is 1. The van der Waals surface area contributed by atoms with Crippen molar-refractivity contribution in [3.8, 4) is 5.75 Å². The highest BCUT2D eigenvalue weighted by molar-refractivity contribution is 5.98. The Morgan fingerprint density at radius 1 is 0.925 bits per heavy atom. The van der Waals surface area contributed by atoms with Crippen molar-refractivity contribution in [1.29, 1.82) is 0 Å². The second-order valence-corrected chi connectivity index (χ2v) is 10.8. The molecule has 1 N–H and O–H groups in total. The van der Waals surface area contributed by atoms with Gasteiger partial charge in [-0.1, -0.05) is 5.21 Å². The molecular weight excluding hydrogens is 525 g/mol. The van der Waals surface area contributed by atoms with E-state index in [0.29, 0.717) is 60.9 Å². The summed E-state index contributed by atoms with van der Waals surface area (Å²) in [5, 5.41) is 10.8. The van der Waals surface area contributed by atoms with E-state index in [-0.39, 0.29) is 40.8 Å². The smallest absolute Gasteiger partial charge is 0.416 e. The van der Waals surface area contributed by atoms with Crippen molar-refractivity contribution in [3.63, 3.8) is 0 Å².